The highest BCUT2D eigenvalue weighted by molar-refractivity contribution is 5.92. The average molecular weight is 379 g/mol. The van der Waals surface area contributed by atoms with Crippen LogP contribution >= 0.6 is 12.4 Å². The maximum absolute atomic E-state index is 12.9. The van der Waals surface area contributed by atoms with Gasteiger partial charge in [-0.05, 0) is 30.3 Å². The number of carbonyl (C=O) groups is 1. The van der Waals surface area contributed by atoms with E-state index in [4.69, 9.17) is 4.74 Å². The number of anilines is 1. The number of hydrogen-bond acceptors (Lipinski definition) is 4. The summed E-state index contributed by atoms with van der Waals surface area (Å²) in [6.07, 6.45) is -3.40. The van der Waals surface area contributed by atoms with E-state index < -0.39 is 11.9 Å². The van der Waals surface area contributed by atoms with Gasteiger partial charge in [0.05, 0.1) is 25.0 Å². The van der Waals surface area contributed by atoms with E-state index in [1.54, 1.807) is 7.11 Å². The minimum atomic E-state index is -4.49. The standard InChI is InChI=1S/C15H17F3N4O2.ClH/c1-24-9-8-19-10-14(23)21-11-2-4-12(5-3-11)22-13(6-7-20-22)15(16,17)18;/h2-7,19H,8-10H2,1H3,(H,21,23);1H. The van der Waals surface area contributed by atoms with Gasteiger partial charge in [0.25, 0.3) is 0 Å². The first kappa shape index (κ1) is 20.9. The number of methoxy groups -OCH3 is 1. The van der Waals surface area contributed by atoms with Gasteiger partial charge in [-0.25, -0.2) is 4.68 Å². The second kappa shape index (κ2) is 9.40. The molecule has 0 aliphatic heterocycles. The van der Waals surface area contributed by atoms with E-state index in [0.29, 0.717) is 18.8 Å². The second-order valence-electron chi connectivity index (χ2n) is 4.89. The summed E-state index contributed by atoms with van der Waals surface area (Å²) in [5.41, 5.74) is -0.122. The Morgan fingerprint density at radius 3 is 2.52 bits per heavy atom. The number of amides is 1. The number of nitrogens with zero attached hydrogens (tertiary/aromatic N) is 2. The first-order chi connectivity index (χ1) is 11.4. The number of benzene rings is 1. The summed E-state index contributed by atoms with van der Waals surface area (Å²) in [6.45, 7) is 1.15. The van der Waals surface area contributed by atoms with Gasteiger partial charge < -0.3 is 15.4 Å². The summed E-state index contributed by atoms with van der Waals surface area (Å²) >= 11 is 0. The molecule has 25 heavy (non-hydrogen) atoms. The Kier molecular flexibility index (Phi) is 7.88. The average Bonchev–Trinajstić information content (AvgIpc) is 3.02. The van der Waals surface area contributed by atoms with E-state index >= 15 is 0 Å². The van der Waals surface area contributed by atoms with E-state index in [9.17, 15) is 18.0 Å². The lowest BCUT2D eigenvalue weighted by Crippen LogP contribution is -2.30. The number of nitrogens with one attached hydrogen (secondary N) is 2. The third kappa shape index (κ3) is 6.04. The summed E-state index contributed by atoms with van der Waals surface area (Å²) < 4.78 is 44.2. The topological polar surface area (TPSA) is 68.2 Å². The summed E-state index contributed by atoms with van der Waals surface area (Å²) in [5.74, 6) is -0.256. The minimum Gasteiger partial charge on any atom is -0.383 e. The van der Waals surface area contributed by atoms with Crippen LogP contribution in [0.15, 0.2) is 36.5 Å². The Bertz CT molecular complexity index is 674. The van der Waals surface area contributed by atoms with Gasteiger partial charge in [0, 0.05) is 19.3 Å². The number of hydrogen-bond donors (Lipinski definition) is 2. The Labute approximate surface area is 148 Å². The first-order valence-corrected chi connectivity index (χ1v) is 7.13. The van der Waals surface area contributed by atoms with Gasteiger partial charge >= 0.3 is 6.18 Å². The Hall–Kier alpha value is -2.10. The second-order valence-corrected chi connectivity index (χ2v) is 4.89. The molecule has 0 spiro atoms. The molecule has 0 saturated heterocycles. The van der Waals surface area contributed by atoms with Crippen LogP contribution in [0.5, 0.6) is 0 Å². The quantitative estimate of drug-likeness (QED) is 0.726. The predicted octanol–water partition coefficient (Wildman–Crippen LogP) is 2.49. The molecule has 0 bridgehead atoms. The predicted molar refractivity (Wildman–Crippen MR) is 89.2 cm³/mol. The zero-order valence-corrected chi connectivity index (χ0v) is 14.2. The number of alkyl halides is 3. The molecule has 0 aliphatic rings. The Balaban J connectivity index is 0.00000312. The Morgan fingerprint density at radius 1 is 1.24 bits per heavy atom. The number of carbonyl (C=O) groups excluding carboxylic acids is 1. The van der Waals surface area contributed by atoms with Gasteiger partial charge in [-0.15, -0.1) is 12.4 Å². The zero-order valence-electron chi connectivity index (χ0n) is 13.3. The number of aromatic nitrogens is 2. The molecule has 1 aromatic carbocycles. The van der Waals surface area contributed by atoms with Crippen LogP contribution in [0, 0.1) is 0 Å². The van der Waals surface area contributed by atoms with Crippen molar-refractivity contribution in [2.24, 2.45) is 0 Å². The lowest BCUT2D eigenvalue weighted by atomic mass is 10.2. The zero-order chi connectivity index (χ0) is 17.6. The summed E-state index contributed by atoms with van der Waals surface area (Å²) in [5, 5.41) is 9.22. The van der Waals surface area contributed by atoms with Crippen LogP contribution in [0.1, 0.15) is 5.69 Å². The maximum atomic E-state index is 12.9. The van der Waals surface area contributed by atoms with E-state index in [1.807, 2.05) is 0 Å². The van der Waals surface area contributed by atoms with Crippen LogP contribution in [-0.2, 0) is 15.7 Å². The number of halogens is 4. The van der Waals surface area contributed by atoms with Crippen molar-refractivity contribution in [1.82, 2.24) is 15.1 Å². The van der Waals surface area contributed by atoms with Gasteiger partial charge in [-0.3, -0.25) is 4.79 Å². The normalized spacial score (nSPS) is 11.0. The fraction of sp³-hybridized carbons (Fsp3) is 0.333. The van der Waals surface area contributed by atoms with E-state index in [2.05, 4.69) is 15.7 Å². The lowest BCUT2D eigenvalue weighted by Gasteiger charge is -2.11. The fourth-order valence-corrected chi connectivity index (χ4v) is 1.99. The molecule has 0 radical (unpaired) electrons. The number of ether oxygens (including phenoxy) is 1. The first-order valence-electron chi connectivity index (χ1n) is 7.13. The molecule has 0 unspecified atom stereocenters. The highest BCUT2D eigenvalue weighted by Gasteiger charge is 2.35. The van der Waals surface area contributed by atoms with E-state index in [0.717, 1.165) is 16.9 Å². The molecule has 0 atom stereocenters. The minimum absolute atomic E-state index is 0. The molecule has 2 aromatic rings. The van der Waals surface area contributed by atoms with Gasteiger partial charge in [0.1, 0.15) is 5.69 Å². The van der Waals surface area contributed by atoms with Crippen LogP contribution in [0.2, 0.25) is 0 Å². The highest BCUT2D eigenvalue weighted by atomic mass is 35.5. The molecule has 0 aliphatic carbocycles. The van der Waals surface area contributed by atoms with Crippen molar-refractivity contribution < 1.29 is 22.7 Å². The SMILES string of the molecule is COCCNCC(=O)Nc1ccc(-n2nccc2C(F)(F)F)cc1.Cl. The van der Waals surface area contributed by atoms with Gasteiger partial charge in [-0.2, -0.15) is 18.3 Å². The monoisotopic (exact) mass is 378 g/mol. The molecule has 2 N–H and O–H groups in total. The van der Waals surface area contributed by atoms with Crippen molar-refractivity contribution in [1.29, 1.82) is 0 Å². The molecule has 1 amide bonds. The van der Waals surface area contributed by atoms with Crippen LogP contribution in [0.4, 0.5) is 18.9 Å². The van der Waals surface area contributed by atoms with Crippen molar-refractivity contribution in [3.8, 4) is 5.69 Å². The van der Waals surface area contributed by atoms with E-state index in [1.165, 1.54) is 24.3 Å². The molecular formula is C15H18ClF3N4O2. The van der Waals surface area contributed by atoms with Crippen LogP contribution in [0.3, 0.4) is 0 Å². The molecule has 0 fully saturated rings. The van der Waals surface area contributed by atoms with Crippen LogP contribution < -0.4 is 10.6 Å². The molecule has 1 heterocycles. The molecular weight excluding hydrogens is 361 g/mol. The smallest absolute Gasteiger partial charge is 0.383 e. The fourth-order valence-electron chi connectivity index (χ4n) is 1.99. The van der Waals surface area contributed by atoms with E-state index in [-0.39, 0.29) is 30.5 Å². The third-order valence-corrected chi connectivity index (χ3v) is 3.10. The number of rotatable bonds is 7. The van der Waals surface area contributed by atoms with Crippen molar-refractivity contribution >= 4 is 24.0 Å². The van der Waals surface area contributed by atoms with Crippen LogP contribution in [0.25, 0.3) is 5.69 Å². The summed E-state index contributed by atoms with van der Waals surface area (Å²) in [6, 6.07) is 6.85. The Morgan fingerprint density at radius 2 is 1.92 bits per heavy atom. The van der Waals surface area contributed by atoms with Crippen LogP contribution in [-0.4, -0.2) is 42.5 Å². The molecule has 10 heteroatoms. The molecule has 6 nitrogen and oxygen atoms in total. The summed E-state index contributed by atoms with van der Waals surface area (Å²) in [7, 11) is 1.56. The van der Waals surface area contributed by atoms with Gasteiger partial charge in [0.15, 0.2) is 0 Å². The molecule has 1 aromatic heterocycles. The van der Waals surface area contributed by atoms with Crippen molar-refractivity contribution in [2.75, 3.05) is 32.1 Å². The molecule has 0 saturated carbocycles. The van der Waals surface area contributed by atoms with Gasteiger partial charge in [0.2, 0.25) is 5.91 Å². The highest BCUT2D eigenvalue weighted by Crippen LogP contribution is 2.30. The van der Waals surface area contributed by atoms with Crippen molar-refractivity contribution in [3.05, 3.63) is 42.2 Å². The maximum Gasteiger partial charge on any atom is 0.433 e. The largest absolute Gasteiger partial charge is 0.433 e. The van der Waals surface area contributed by atoms with Gasteiger partial charge in [-0.1, -0.05) is 0 Å². The third-order valence-electron chi connectivity index (χ3n) is 3.10. The summed E-state index contributed by atoms with van der Waals surface area (Å²) in [4.78, 5) is 11.7. The van der Waals surface area contributed by atoms with Crippen molar-refractivity contribution in [2.45, 2.75) is 6.18 Å². The lowest BCUT2D eigenvalue weighted by molar-refractivity contribution is -0.142. The molecule has 2 rings (SSSR count). The van der Waals surface area contributed by atoms with Crippen molar-refractivity contribution in [3.63, 3.8) is 0 Å². The molecule has 138 valence electrons.